The molecule has 0 spiro atoms. The van der Waals surface area contributed by atoms with Crippen LogP contribution < -0.4 is 10.6 Å². The van der Waals surface area contributed by atoms with E-state index < -0.39 is 4.92 Å². The molecule has 1 aromatic heterocycles. The number of benzene rings is 2. The maximum absolute atomic E-state index is 12.3. The molecule has 3 rings (SSSR count). The SMILES string of the molecule is Cc1nn(Cc2ccc(C(=O)NCCCNC(=O)c3cccc(O)c3)cc2)c(C)c1[N+](=O)[O-]. The third kappa shape index (κ3) is 5.94. The molecule has 0 aliphatic carbocycles. The summed E-state index contributed by atoms with van der Waals surface area (Å²) >= 11 is 0. The normalized spacial score (nSPS) is 10.6. The summed E-state index contributed by atoms with van der Waals surface area (Å²) in [5.41, 5.74) is 2.59. The Balaban J connectivity index is 1.45. The third-order valence-electron chi connectivity index (χ3n) is 5.11. The van der Waals surface area contributed by atoms with Crippen molar-refractivity contribution in [3.63, 3.8) is 0 Å². The van der Waals surface area contributed by atoms with Crippen LogP contribution in [0.5, 0.6) is 5.75 Å². The Hall–Kier alpha value is -4.21. The molecule has 0 aliphatic heterocycles. The van der Waals surface area contributed by atoms with Crippen LogP contribution in [-0.4, -0.2) is 44.7 Å². The molecule has 3 N–H and O–H groups in total. The average Bonchev–Trinajstić information content (AvgIpc) is 3.06. The summed E-state index contributed by atoms with van der Waals surface area (Å²) in [7, 11) is 0. The lowest BCUT2D eigenvalue weighted by atomic mass is 10.1. The molecule has 0 unspecified atom stereocenters. The van der Waals surface area contributed by atoms with E-state index >= 15 is 0 Å². The monoisotopic (exact) mass is 451 g/mol. The minimum Gasteiger partial charge on any atom is -0.508 e. The summed E-state index contributed by atoms with van der Waals surface area (Å²) in [5, 5.41) is 30.3. The molecule has 0 saturated carbocycles. The number of carbonyl (C=O) groups excluding carboxylic acids is 2. The molecule has 0 saturated heterocycles. The Morgan fingerprint density at radius 1 is 1.03 bits per heavy atom. The first-order chi connectivity index (χ1) is 15.8. The number of aromatic nitrogens is 2. The van der Waals surface area contributed by atoms with Gasteiger partial charge in [0.05, 0.1) is 11.5 Å². The van der Waals surface area contributed by atoms with Gasteiger partial charge in [-0.25, -0.2) is 0 Å². The summed E-state index contributed by atoms with van der Waals surface area (Å²) < 4.78 is 1.58. The zero-order chi connectivity index (χ0) is 24.0. The lowest BCUT2D eigenvalue weighted by molar-refractivity contribution is -0.386. The maximum atomic E-state index is 12.3. The molecule has 0 fully saturated rings. The molecule has 0 bridgehead atoms. The number of phenolic OH excluding ortho intramolecular Hbond substituents is 1. The number of carbonyl (C=O) groups is 2. The summed E-state index contributed by atoms with van der Waals surface area (Å²) in [6.45, 7) is 4.39. The van der Waals surface area contributed by atoms with Crippen LogP contribution in [0.3, 0.4) is 0 Å². The molecule has 0 aliphatic rings. The molecular formula is C23H25N5O5. The number of nitro groups is 1. The van der Waals surface area contributed by atoms with Crippen molar-refractivity contribution in [3.05, 3.63) is 86.7 Å². The molecule has 10 heteroatoms. The first-order valence-electron chi connectivity index (χ1n) is 10.4. The van der Waals surface area contributed by atoms with Gasteiger partial charge in [0.2, 0.25) is 0 Å². The second-order valence-corrected chi connectivity index (χ2v) is 7.55. The van der Waals surface area contributed by atoms with Crippen molar-refractivity contribution in [2.45, 2.75) is 26.8 Å². The van der Waals surface area contributed by atoms with Gasteiger partial charge in [-0.2, -0.15) is 5.10 Å². The Bertz CT molecular complexity index is 1170. The Kier molecular flexibility index (Phi) is 7.39. The number of hydrogen-bond acceptors (Lipinski definition) is 6. The van der Waals surface area contributed by atoms with E-state index in [-0.39, 0.29) is 23.3 Å². The van der Waals surface area contributed by atoms with Crippen molar-refractivity contribution in [2.24, 2.45) is 0 Å². The van der Waals surface area contributed by atoms with Crippen molar-refractivity contribution >= 4 is 17.5 Å². The molecule has 172 valence electrons. The van der Waals surface area contributed by atoms with Crippen LogP contribution >= 0.6 is 0 Å². The molecular weight excluding hydrogens is 426 g/mol. The van der Waals surface area contributed by atoms with Crippen LogP contribution in [0.2, 0.25) is 0 Å². The van der Waals surface area contributed by atoms with Crippen molar-refractivity contribution in [1.82, 2.24) is 20.4 Å². The largest absolute Gasteiger partial charge is 0.508 e. The maximum Gasteiger partial charge on any atom is 0.312 e. The van der Waals surface area contributed by atoms with Gasteiger partial charge in [0.1, 0.15) is 17.1 Å². The summed E-state index contributed by atoms with van der Waals surface area (Å²) in [4.78, 5) is 35.0. The summed E-state index contributed by atoms with van der Waals surface area (Å²) in [6, 6.07) is 13.0. The van der Waals surface area contributed by atoms with Gasteiger partial charge in [-0.3, -0.25) is 24.4 Å². The Morgan fingerprint density at radius 3 is 2.24 bits per heavy atom. The van der Waals surface area contributed by atoms with Gasteiger partial charge < -0.3 is 15.7 Å². The second kappa shape index (κ2) is 10.4. The van der Waals surface area contributed by atoms with E-state index in [1.54, 1.807) is 54.9 Å². The van der Waals surface area contributed by atoms with Crippen LogP contribution in [0.15, 0.2) is 48.5 Å². The highest BCUT2D eigenvalue weighted by molar-refractivity contribution is 5.95. The van der Waals surface area contributed by atoms with Gasteiger partial charge >= 0.3 is 5.69 Å². The van der Waals surface area contributed by atoms with Gasteiger partial charge in [0, 0.05) is 24.2 Å². The predicted octanol–water partition coefficient (Wildman–Crippen LogP) is 2.71. The van der Waals surface area contributed by atoms with Gasteiger partial charge in [-0.15, -0.1) is 0 Å². The lowest BCUT2D eigenvalue weighted by Crippen LogP contribution is -2.29. The van der Waals surface area contributed by atoms with Crippen LogP contribution in [0.25, 0.3) is 0 Å². The number of aryl methyl sites for hydroxylation is 1. The zero-order valence-corrected chi connectivity index (χ0v) is 18.4. The zero-order valence-electron chi connectivity index (χ0n) is 18.4. The molecule has 0 atom stereocenters. The number of hydrogen-bond donors (Lipinski definition) is 3. The van der Waals surface area contributed by atoms with E-state index in [0.29, 0.717) is 48.6 Å². The van der Waals surface area contributed by atoms with Crippen LogP contribution in [0, 0.1) is 24.0 Å². The standard InChI is InChI=1S/C23H25N5O5/c1-15-21(28(32)33)16(2)27(26-15)14-17-7-9-18(10-8-17)22(30)24-11-4-12-25-23(31)19-5-3-6-20(29)13-19/h3,5-10,13,29H,4,11-12,14H2,1-2H3,(H,24,30)(H,25,31). The molecule has 0 radical (unpaired) electrons. The number of nitrogens with one attached hydrogen (secondary N) is 2. The topological polar surface area (TPSA) is 139 Å². The van der Waals surface area contributed by atoms with Gasteiger partial charge in [-0.05, 0) is 56.2 Å². The van der Waals surface area contributed by atoms with E-state index in [1.165, 1.54) is 12.1 Å². The van der Waals surface area contributed by atoms with Crippen molar-refractivity contribution < 1.29 is 19.6 Å². The number of phenols is 1. The van der Waals surface area contributed by atoms with Crippen LogP contribution in [-0.2, 0) is 6.54 Å². The van der Waals surface area contributed by atoms with Crippen LogP contribution in [0.1, 0.15) is 44.1 Å². The van der Waals surface area contributed by atoms with E-state index in [1.807, 2.05) is 0 Å². The summed E-state index contributed by atoms with van der Waals surface area (Å²) in [5.74, 6) is -0.500. The van der Waals surface area contributed by atoms with E-state index in [9.17, 15) is 24.8 Å². The number of rotatable bonds is 9. The lowest BCUT2D eigenvalue weighted by Gasteiger charge is -2.08. The highest BCUT2D eigenvalue weighted by Crippen LogP contribution is 2.22. The smallest absolute Gasteiger partial charge is 0.312 e. The van der Waals surface area contributed by atoms with Crippen molar-refractivity contribution in [3.8, 4) is 5.75 Å². The average molecular weight is 451 g/mol. The fraction of sp³-hybridized carbons (Fsp3) is 0.261. The first-order valence-corrected chi connectivity index (χ1v) is 10.4. The van der Waals surface area contributed by atoms with Crippen molar-refractivity contribution in [2.75, 3.05) is 13.1 Å². The fourth-order valence-electron chi connectivity index (χ4n) is 3.38. The molecule has 10 nitrogen and oxygen atoms in total. The van der Waals surface area contributed by atoms with Gasteiger partial charge in [-0.1, -0.05) is 18.2 Å². The predicted molar refractivity (Wildman–Crippen MR) is 121 cm³/mol. The minimum atomic E-state index is -0.431. The highest BCUT2D eigenvalue weighted by Gasteiger charge is 2.21. The van der Waals surface area contributed by atoms with E-state index in [4.69, 9.17) is 0 Å². The number of amides is 2. The molecule has 2 amide bonds. The van der Waals surface area contributed by atoms with Crippen LogP contribution in [0.4, 0.5) is 5.69 Å². The summed E-state index contributed by atoms with van der Waals surface area (Å²) in [6.07, 6.45) is 0.547. The minimum absolute atomic E-state index is 0.0177. The molecule has 3 aromatic rings. The number of nitrogens with zero attached hydrogens (tertiary/aromatic N) is 3. The van der Waals surface area contributed by atoms with E-state index in [0.717, 1.165) is 5.56 Å². The van der Waals surface area contributed by atoms with Crippen molar-refractivity contribution in [1.29, 1.82) is 0 Å². The first kappa shape index (κ1) is 23.5. The highest BCUT2D eigenvalue weighted by atomic mass is 16.6. The van der Waals surface area contributed by atoms with Gasteiger partial charge in [0.15, 0.2) is 0 Å². The fourth-order valence-corrected chi connectivity index (χ4v) is 3.38. The Labute approximate surface area is 190 Å². The number of aromatic hydroxyl groups is 1. The second-order valence-electron chi connectivity index (χ2n) is 7.55. The van der Waals surface area contributed by atoms with E-state index in [2.05, 4.69) is 15.7 Å². The Morgan fingerprint density at radius 2 is 1.67 bits per heavy atom. The quantitative estimate of drug-likeness (QED) is 0.260. The molecule has 2 aromatic carbocycles. The molecule has 1 heterocycles. The molecule has 33 heavy (non-hydrogen) atoms. The van der Waals surface area contributed by atoms with Gasteiger partial charge in [0.25, 0.3) is 11.8 Å². The third-order valence-corrected chi connectivity index (χ3v) is 5.11.